The van der Waals surface area contributed by atoms with Crippen LogP contribution in [0, 0.1) is 6.92 Å². The summed E-state index contributed by atoms with van der Waals surface area (Å²) in [6, 6.07) is 9.87. The highest BCUT2D eigenvalue weighted by Gasteiger charge is 2.07. The first-order valence-electron chi connectivity index (χ1n) is 10.0. The zero-order valence-corrected chi connectivity index (χ0v) is 18.3. The van der Waals surface area contributed by atoms with Crippen molar-refractivity contribution < 1.29 is 34.4 Å². The maximum atomic E-state index is 11.8. The SMILES string of the molecule is Cc1ccc(CCOC(=O)CCSCCC(=O)OCCc2ccc(O)c(O)c2)cc1O. The molecular formula is C23H28O7S. The molecule has 0 aliphatic carbocycles. The van der Waals surface area contributed by atoms with E-state index < -0.39 is 0 Å². The molecule has 0 aliphatic rings. The van der Waals surface area contributed by atoms with Crippen molar-refractivity contribution in [1.29, 1.82) is 0 Å². The molecule has 7 nitrogen and oxygen atoms in total. The molecule has 0 heterocycles. The molecule has 0 saturated heterocycles. The summed E-state index contributed by atoms with van der Waals surface area (Å²) in [6.45, 7) is 2.27. The largest absolute Gasteiger partial charge is 0.508 e. The predicted octanol–water partition coefficient (Wildman–Crippen LogP) is 3.50. The van der Waals surface area contributed by atoms with Gasteiger partial charge in [-0.15, -0.1) is 0 Å². The summed E-state index contributed by atoms with van der Waals surface area (Å²) in [5.74, 6) is 0.349. The number of esters is 2. The summed E-state index contributed by atoms with van der Waals surface area (Å²) in [5, 5.41) is 28.4. The van der Waals surface area contributed by atoms with Gasteiger partial charge in [-0.2, -0.15) is 11.8 Å². The average Bonchev–Trinajstić information content (AvgIpc) is 2.73. The summed E-state index contributed by atoms with van der Waals surface area (Å²) < 4.78 is 10.3. The quantitative estimate of drug-likeness (QED) is 0.257. The van der Waals surface area contributed by atoms with Crippen LogP contribution < -0.4 is 0 Å². The van der Waals surface area contributed by atoms with E-state index in [9.17, 15) is 24.9 Å². The van der Waals surface area contributed by atoms with Gasteiger partial charge in [-0.1, -0.05) is 18.2 Å². The second-order valence-corrected chi connectivity index (χ2v) is 8.22. The minimum Gasteiger partial charge on any atom is -0.508 e. The average molecular weight is 449 g/mol. The maximum Gasteiger partial charge on any atom is 0.306 e. The number of ether oxygens (including phenoxy) is 2. The van der Waals surface area contributed by atoms with E-state index in [-0.39, 0.29) is 55.2 Å². The van der Waals surface area contributed by atoms with Gasteiger partial charge in [0.1, 0.15) is 5.75 Å². The number of hydrogen-bond donors (Lipinski definition) is 3. The molecule has 2 aromatic carbocycles. The topological polar surface area (TPSA) is 113 Å². The molecule has 2 rings (SSSR count). The molecule has 0 aromatic heterocycles. The molecule has 2 aromatic rings. The van der Waals surface area contributed by atoms with Crippen LogP contribution in [0.5, 0.6) is 17.2 Å². The van der Waals surface area contributed by atoms with E-state index in [1.54, 1.807) is 12.1 Å². The van der Waals surface area contributed by atoms with Crippen LogP contribution in [0.2, 0.25) is 0 Å². The maximum absolute atomic E-state index is 11.8. The zero-order valence-electron chi connectivity index (χ0n) is 17.5. The number of carbonyl (C=O) groups is 2. The van der Waals surface area contributed by atoms with Gasteiger partial charge in [0.25, 0.3) is 0 Å². The van der Waals surface area contributed by atoms with Crippen LogP contribution in [-0.2, 0) is 31.9 Å². The van der Waals surface area contributed by atoms with Crippen LogP contribution in [0.25, 0.3) is 0 Å². The van der Waals surface area contributed by atoms with E-state index in [2.05, 4.69) is 0 Å². The lowest BCUT2D eigenvalue weighted by molar-refractivity contribution is -0.143. The van der Waals surface area contributed by atoms with Crippen LogP contribution in [0.3, 0.4) is 0 Å². The van der Waals surface area contributed by atoms with E-state index >= 15 is 0 Å². The molecule has 0 aliphatic heterocycles. The zero-order chi connectivity index (χ0) is 22.6. The van der Waals surface area contributed by atoms with Crippen molar-refractivity contribution in [3.63, 3.8) is 0 Å². The summed E-state index contributed by atoms with van der Waals surface area (Å²) >= 11 is 1.48. The molecule has 0 spiro atoms. The summed E-state index contributed by atoms with van der Waals surface area (Å²) in [4.78, 5) is 23.5. The lowest BCUT2D eigenvalue weighted by Gasteiger charge is -2.07. The van der Waals surface area contributed by atoms with Crippen LogP contribution in [-0.4, -0.2) is 52.0 Å². The molecule has 0 saturated carbocycles. The van der Waals surface area contributed by atoms with Gasteiger partial charge in [0.2, 0.25) is 0 Å². The minimum absolute atomic E-state index is 0.187. The van der Waals surface area contributed by atoms with Crippen LogP contribution in [0.15, 0.2) is 36.4 Å². The van der Waals surface area contributed by atoms with Gasteiger partial charge in [-0.25, -0.2) is 0 Å². The standard InChI is InChI=1S/C23H28O7S/c1-16-2-3-17(14-20(16)25)6-10-29-22(27)8-12-31-13-9-23(28)30-11-7-18-4-5-19(24)21(26)15-18/h2-5,14-15,24-26H,6-13H2,1H3. The fraction of sp³-hybridized carbons (Fsp3) is 0.391. The Morgan fingerprint density at radius 3 is 1.81 bits per heavy atom. The van der Waals surface area contributed by atoms with Crippen LogP contribution in [0.4, 0.5) is 0 Å². The van der Waals surface area contributed by atoms with Crippen molar-refractivity contribution in [1.82, 2.24) is 0 Å². The molecule has 0 bridgehead atoms. The number of aryl methyl sites for hydroxylation is 1. The van der Waals surface area contributed by atoms with E-state index in [1.165, 1.54) is 23.9 Å². The first kappa shape index (κ1) is 24.4. The predicted molar refractivity (Wildman–Crippen MR) is 119 cm³/mol. The van der Waals surface area contributed by atoms with E-state index in [0.29, 0.717) is 24.3 Å². The van der Waals surface area contributed by atoms with Crippen molar-refractivity contribution in [2.24, 2.45) is 0 Å². The van der Waals surface area contributed by atoms with Crippen molar-refractivity contribution in [3.05, 3.63) is 53.1 Å². The Labute approximate surface area is 186 Å². The Kier molecular flexibility index (Phi) is 10.0. The molecule has 0 radical (unpaired) electrons. The Bertz CT molecular complexity index is 811. The third-order valence-electron chi connectivity index (χ3n) is 4.52. The fourth-order valence-corrected chi connectivity index (χ4v) is 3.48. The van der Waals surface area contributed by atoms with Crippen molar-refractivity contribution in [3.8, 4) is 17.2 Å². The molecule has 0 amide bonds. The van der Waals surface area contributed by atoms with Crippen molar-refractivity contribution in [2.75, 3.05) is 24.7 Å². The van der Waals surface area contributed by atoms with Gasteiger partial charge in [-0.3, -0.25) is 9.59 Å². The van der Waals surface area contributed by atoms with Gasteiger partial charge >= 0.3 is 11.9 Å². The smallest absolute Gasteiger partial charge is 0.306 e. The molecular weight excluding hydrogens is 420 g/mol. The van der Waals surface area contributed by atoms with Crippen molar-refractivity contribution >= 4 is 23.7 Å². The molecule has 31 heavy (non-hydrogen) atoms. The van der Waals surface area contributed by atoms with Gasteiger partial charge in [-0.05, 0) is 41.8 Å². The van der Waals surface area contributed by atoms with Gasteiger partial charge in [0.15, 0.2) is 11.5 Å². The summed E-state index contributed by atoms with van der Waals surface area (Å²) in [7, 11) is 0. The molecule has 0 atom stereocenters. The highest BCUT2D eigenvalue weighted by molar-refractivity contribution is 7.99. The van der Waals surface area contributed by atoms with E-state index in [4.69, 9.17) is 9.47 Å². The molecule has 0 fully saturated rings. The summed E-state index contributed by atoms with van der Waals surface area (Å²) in [5.41, 5.74) is 2.47. The molecule has 8 heteroatoms. The first-order chi connectivity index (χ1) is 14.8. The third-order valence-corrected chi connectivity index (χ3v) is 5.51. The first-order valence-corrected chi connectivity index (χ1v) is 11.2. The van der Waals surface area contributed by atoms with Gasteiger partial charge < -0.3 is 24.8 Å². The van der Waals surface area contributed by atoms with E-state index in [1.807, 2.05) is 19.1 Å². The second kappa shape index (κ2) is 12.7. The number of hydrogen-bond acceptors (Lipinski definition) is 8. The molecule has 168 valence electrons. The third kappa shape index (κ3) is 9.21. The fourth-order valence-electron chi connectivity index (χ4n) is 2.66. The Hall–Kier alpha value is -2.87. The monoisotopic (exact) mass is 448 g/mol. The minimum atomic E-state index is -0.320. The van der Waals surface area contributed by atoms with E-state index in [0.717, 1.165) is 16.7 Å². The number of benzene rings is 2. The molecule has 0 unspecified atom stereocenters. The number of carbonyl (C=O) groups excluding carboxylic acids is 2. The lowest BCUT2D eigenvalue weighted by Crippen LogP contribution is -2.10. The van der Waals surface area contributed by atoms with Crippen molar-refractivity contribution in [2.45, 2.75) is 32.6 Å². The van der Waals surface area contributed by atoms with Crippen LogP contribution in [0.1, 0.15) is 29.5 Å². The Balaban J connectivity index is 1.49. The lowest BCUT2D eigenvalue weighted by atomic mass is 10.1. The normalized spacial score (nSPS) is 10.6. The number of phenolic OH excluding ortho intramolecular Hbond substituents is 3. The Morgan fingerprint density at radius 1 is 0.774 bits per heavy atom. The Morgan fingerprint density at radius 2 is 1.29 bits per heavy atom. The highest BCUT2D eigenvalue weighted by atomic mass is 32.2. The molecule has 3 N–H and O–H groups in total. The highest BCUT2D eigenvalue weighted by Crippen LogP contribution is 2.25. The van der Waals surface area contributed by atoms with Gasteiger partial charge in [0, 0.05) is 24.3 Å². The second-order valence-electron chi connectivity index (χ2n) is 7.00. The number of thioether (sulfide) groups is 1. The number of aromatic hydroxyl groups is 3. The number of phenols is 3. The van der Waals surface area contributed by atoms with Gasteiger partial charge in [0.05, 0.1) is 26.1 Å². The number of rotatable bonds is 12. The van der Waals surface area contributed by atoms with Crippen LogP contribution >= 0.6 is 11.8 Å². The summed E-state index contributed by atoms with van der Waals surface area (Å²) in [6.07, 6.45) is 1.50.